The van der Waals surface area contributed by atoms with E-state index < -0.39 is 6.10 Å². The highest BCUT2D eigenvalue weighted by molar-refractivity contribution is 5.82. The van der Waals surface area contributed by atoms with Crippen molar-refractivity contribution in [1.82, 2.24) is 24.9 Å². The molecule has 8 heteroatoms. The highest BCUT2D eigenvalue weighted by Gasteiger charge is 2.41. The molecule has 2 atom stereocenters. The zero-order chi connectivity index (χ0) is 22.7. The van der Waals surface area contributed by atoms with Gasteiger partial charge in [0, 0.05) is 50.6 Å². The summed E-state index contributed by atoms with van der Waals surface area (Å²) in [5.41, 5.74) is 3.47. The number of rotatable bonds is 7. The Morgan fingerprint density at radius 3 is 2.53 bits per heavy atom. The molecule has 3 aliphatic heterocycles. The Bertz CT molecular complexity index is 768. The number of aliphatic hydroxyl groups is 1. The third-order valence-corrected chi connectivity index (χ3v) is 7.80. The van der Waals surface area contributed by atoms with Gasteiger partial charge in [0.1, 0.15) is 0 Å². The molecule has 4 heterocycles. The van der Waals surface area contributed by atoms with Crippen LogP contribution in [0, 0.1) is 13.8 Å². The Labute approximate surface area is 192 Å². The Kier molecular flexibility index (Phi) is 7.87. The molecule has 1 amide bonds. The SMILES string of the molecule is CCn1nc(C)c(CCNC(=O)[C@@H]2C[C@@H](O)CN2C2CCN(C3CCOCC3)CC2)c1C. The van der Waals surface area contributed by atoms with E-state index in [1.807, 2.05) is 11.6 Å². The molecule has 180 valence electrons. The van der Waals surface area contributed by atoms with E-state index >= 15 is 0 Å². The summed E-state index contributed by atoms with van der Waals surface area (Å²) in [7, 11) is 0. The average molecular weight is 448 g/mol. The molecule has 0 radical (unpaired) electrons. The Morgan fingerprint density at radius 1 is 1.16 bits per heavy atom. The smallest absolute Gasteiger partial charge is 0.237 e. The normalized spacial score (nSPS) is 26.6. The van der Waals surface area contributed by atoms with E-state index in [1.54, 1.807) is 0 Å². The first-order chi connectivity index (χ1) is 15.5. The quantitative estimate of drug-likeness (QED) is 0.655. The van der Waals surface area contributed by atoms with E-state index in [1.165, 1.54) is 11.3 Å². The molecule has 0 unspecified atom stereocenters. The number of aliphatic hydroxyl groups excluding tert-OH is 1. The number of nitrogens with one attached hydrogen (secondary N) is 1. The third-order valence-electron chi connectivity index (χ3n) is 7.80. The number of carbonyl (C=O) groups excluding carboxylic acids is 1. The Hall–Kier alpha value is -1.48. The van der Waals surface area contributed by atoms with Crippen LogP contribution in [0.4, 0.5) is 0 Å². The van der Waals surface area contributed by atoms with Crippen LogP contribution in [0.5, 0.6) is 0 Å². The van der Waals surface area contributed by atoms with Gasteiger partial charge in [-0.3, -0.25) is 14.4 Å². The molecule has 8 nitrogen and oxygen atoms in total. The van der Waals surface area contributed by atoms with Crippen LogP contribution in [0.25, 0.3) is 0 Å². The standard InChI is InChI=1S/C24H41N5O3/c1-4-29-18(3)22(17(2)26-29)5-10-25-24(31)23-15-21(30)16-28(23)20-6-11-27(12-7-20)19-8-13-32-14-9-19/h19-21,23,30H,4-16H2,1-3H3,(H,25,31)/t21-,23+/m1/s1. The van der Waals surface area contributed by atoms with Gasteiger partial charge in [0.25, 0.3) is 0 Å². The Balaban J connectivity index is 1.29. The topological polar surface area (TPSA) is 82.9 Å². The van der Waals surface area contributed by atoms with Crippen molar-refractivity contribution in [2.24, 2.45) is 0 Å². The van der Waals surface area contributed by atoms with Crippen molar-refractivity contribution in [3.63, 3.8) is 0 Å². The van der Waals surface area contributed by atoms with Crippen molar-refractivity contribution >= 4 is 5.91 Å². The summed E-state index contributed by atoms with van der Waals surface area (Å²) in [5.74, 6) is 0.0617. The maximum absolute atomic E-state index is 13.1. The van der Waals surface area contributed by atoms with Gasteiger partial charge >= 0.3 is 0 Å². The lowest BCUT2D eigenvalue weighted by Gasteiger charge is -2.42. The lowest BCUT2D eigenvalue weighted by atomic mass is 9.98. The second kappa shape index (κ2) is 10.6. The molecular formula is C24H41N5O3. The first-order valence-electron chi connectivity index (χ1n) is 12.5. The number of amides is 1. The van der Waals surface area contributed by atoms with Gasteiger partial charge in [0.05, 0.1) is 17.8 Å². The van der Waals surface area contributed by atoms with Gasteiger partial charge in [-0.05, 0) is 77.9 Å². The lowest BCUT2D eigenvalue weighted by Crippen LogP contribution is -2.53. The summed E-state index contributed by atoms with van der Waals surface area (Å²) >= 11 is 0. The molecule has 32 heavy (non-hydrogen) atoms. The minimum absolute atomic E-state index is 0.0617. The second-order valence-corrected chi connectivity index (χ2v) is 9.72. The van der Waals surface area contributed by atoms with Crippen LogP contribution in [0.2, 0.25) is 0 Å². The molecule has 0 bridgehead atoms. The predicted octanol–water partition coefficient (Wildman–Crippen LogP) is 1.26. The molecule has 0 aromatic carbocycles. The number of carbonyl (C=O) groups is 1. The second-order valence-electron chi connectivity index (χ2n) is 9.72. The fraction of sp³-hybridized carbons (Fsp3) is 0.833. The number of nitrogens with zero attached hydrogens (tertiary/aromatic N) is 4. The minimum atomic E-state index is -0.411. The summed E-state index contributed by atoms with van der Waals surface area (Å²) in [6, 6.07) is 0.813. The maximum atomic E-state index is 13.1. The first kappa shape index (κ1) is 23.7. The molecule has 0 saturated carbocycles. The number of β-amino-alcohol motifs (C(OH)–C–C–N with tert-alkyl or cyclic N) is 1. The average Bonchev–Trinajstić information content (AvgIpc) is 3.34. The van der Waals surface area contributed by atoms with Crippen LogP contribution in [-0.4, -0.2) is 94.2 Å². The molecule has 3 aliphatic rings. The Morgan fingerprint density at radius 2 is 1.88 bits per heavy atom. The number of aromatic nitrogens is 2. The number of ether oxygens (including phenoxy) is 1. The summed E-state index contributed by atoms with van der Waals surface area (Å²) < 4.78 is 7.54. The molecule has 3 fully saturated rings. The van der Waals surface area contributed by atoms with E-state index in [2.05, 4.69) is 34.1 Å². The predicted molar refractivity (Wildman–Crippen MR) is 124 cm³/mol. The van der Waals surface area contributed by atoms with Crippen molar-refractivity contribution in [2.45, 2.75) is 90.1 Å². The van der Waals surface area contributed by atoms with Crippen molar-refractivity contribution in [1.29, 1.82) is 0 Å². The van der Waals surface area contributed by atoms with Crippen LogP contribution in [0.1, 0.15) is 56.0 Å². The number of piperidine rings is 1. The van der Waals surface area contributed by atoms with Gasteiger partial charge in [-0.1, -0.05) is 0 Å². The zero-order valence-corrected chi connectivity index (χ0v) is 20.1. The van der Waals surface area contributed by atoms with Crippen molar-refractivity contribution < 1.29 is 14.6 Å². The fourth-order valence-electron chi connectivity index (χ4n) is 5.96. The molecular weight excluding hydrogens is 406 g/mol. The molecule has 0 aliphatic carbocycles. The number of hydrogen-bond donors (Lipinski definition) is 2. The summed E-state index contributed by atoms with van der Waals surface area (Å²) in [6.45, 7) is 12.2. The van der Waals surface area contributed by atoms with Crippen molar-refractivity contribution in [3.8, 4) is 0 Å². The highest BCUT2D eigenvalue weighted by Crippen LogP contribution is 2.28. The number of likely N-dealkylation sites (tertiary alicyclic amines) is 2. The maximum Gasteiger partial charge on any atom is 0.237 e. The summed E-state index contributed by atoms with van der Waals surface area (Å²) in [4.78, 5) is 18.0. The largest absolute Gasteiger partial charge is 0.392 e. The molecule has 1 aromatic heterocycles. The molecule has 0 spiro atoms. The van der Waals surface area contributed by atoms with Crippen LogP contribution < -0.4 is 5.32 Å². The summed E-state index contributed by atoms with van der Waals surface area (Å²) in [6.07, 6.45) is 5.33. The van der Waals surface area contributed by atoms with E-state index in [9.17, 15) is 9.90 Å². The van der Waals surface area contributed by atoms with Gasteiger partial charge in [0.2, 0.25) is 5.91 Å². The monoisotopic (exact) mass is 447 g/mol. The van der Waals surface area contributed by atoms with E-state index in [-0.39, 0.29) is 11.9 Å². The number of aryl methyl sites for hydroxylation is 2. The van der Waals surface area contributed by atoms with Crippen LogP contribution >= 0.6 is 0 Å². The van der Waals surface area contributed by atoms with Crippen LogP contribution in [-0.2, 0) is 22.5 Å². The summed E-state index contributed by atoms with van der Waals surface area (Å²) in [5, 5.41) is 18.1. The third kappa shape index (κ3) is 5.19. The van der Waals surface area contributed by atoms with E-state index in [4.69, 9.17) is 4.74 Å². The number of hydrogen-bond acceptors (Lipinski definition) is 6. The lowest BCUT2D eigenvalue weighted by molar-refractivity contribution is -0.126. The van der Waals surface area contributed by atoms with E-state index in [0.29, 0.717) is 31.6 Å². The van der Waals surface area contributed by atoms with Gasteiger partial charge in [0.15, 0.2) is 0 Å². The van der Waals surface area contributed by atoms with Crippen LogP contribution in [0.3, 0.4) is 0 Å². The molecule has 1 aromatic rings. The zero-order valence-electron chi connectivity index (χ0n) is 20.1. The molecule has 2 N–H and O–H groups in total. The van der Waals surface area contributed by atoms with Crippen molar-refractivity contribution in [3.05, 3.63) is 17.0 Å². The molecule has 4 rings (SSSR count). The first-order valence-corrected chi connectivity index (χ1v) is 12.5. The van der Waals surface area contributed by atoms with Crippen LogP contribution in [0.15, 0.2) is 0 Å². The van der Waals surface area contributed by atoms with Gasteiger partial charge < -0.3 is 20.1 Å². The highest BCUT2D eigenvalue weighted by atomic mass is 16.5. The van der Waals surface area contributed by atoms with Gasteiger partial charge in [-0.25, -0.2) is 0 Å². The minimum Gasteiger partial charge on any atom is -0.392 e. The van der Waals surface area contributed by atoms with Gasteiger partial charge in [-0.2, -0.15) is 5.10 Å². The van der Waals surface area contributed by atoms with Gasteiger partial charge in [-0.15, -0.1) is 0 Å². The fourth-order valence-corrected chi connectivity index (χ4v) is 5.96. The molecule has 3 saturated heterocycles. The van der Waals surface area contributed by atoms with Crippen molar-refractivity contribution in [2.75, 3.05) is 39.4 Å². The van der Waals surface area contributed by atoms with E-state index in [0.717, 1.165) is 70.6 Å².